The highest BCUT2D eigenvalue weighted by Crippen LogP contribution is 2.33. The fraction of sp³-hybridized carbons (Fsp3) is 0.636. The van der Waals surface area contributed by atoms with Crippen molar-refractivity contribution in [1.82, 2.24) is 9.80 Å². The first-order chi connectivity index (χ1) is 14.1. The van der Waals surface area contributed by atoms with Crippen LogP contribution in [0.15, 0.2) is 18.2 Å². The molecule has 158 valence electrons. The van der Waals surface area contributed by atoms with Crippen molar-refractivity contribution < 1.29 is 23.8 Å². The van der Waals surface area contributed by atoms with Crippen molar-refractivity contribution in [2.45, 2.75) is 44.2 Å². The molecule has 3 fully saturated rings. The van der Waals surface area contributed by atoms with E-state index < -0.39 is 0 Å². The lowest BCUT2D eigenvalue weighted by Crippen LogP contribution is -2.42. The minimum atomic E-state index is -0.0873. The maximum absolute atomic E-state index is 13.2. The molecule has 1 atom stereocenters. The minimum Gasteiger partial charge on any atom is -0.497 e. The van der Waals surface area contributed by atoms with E-state index in [1.165, 1.54) is 0 Å². The summed E-state index contributed by atoms with van der Waals surface area (Å²) in [5.74, 6) is 1.67. The summed E-state index contributed by atoms with van der Waals surface area (Å²) in [4.78, 5) is 29.1. The smallest absolute Gasteiger partial charge is 0.257 e. The Balaban J connectivity index is 1.44. The van der Waals surface area contributed by atoms with Gasteiger partial charge in [0.05, 0.1) is 25.3 Å². The number of likely N-dealkylation sites (tertiary alicyclic amines) is 1. The first-order valence-corrected chi connectivity index (χ1v) is 10.5. The highest BCUT2D eigenvalue weighted by Gasteiger charge is 2.35. The largest absolute Gasteiger partial charge is 0.497 e. The van der Waals surface area contributed by atoms with Crippen LogP contribution < -0.4 is 9.47 Å². The molecule has 1 aliphatic carbocycles. The summed E-state index contributed by atoms with van der Waals surface area (Å²) in [6.45, 7) is 2.69. The van der Waals surface area contributed by atoms with Gasteiger partial charge < -0.3 is 24.0 Å². The normalized spacial score (nSPS) is 22.4. The van der Waals surface area contributed by atoms with Crippen LogP contribution >= 0.6 is 0 Å². The molecule has 3 aliphatic rings. The van der Waals surface area contributed by atoms with Crippen LogP contribution in [0.3, 0.4) is 0 Å². The Hall–Kier alpha value is -2.28. The number of carbonyl (C=O) groups excluding carboxylic acids is 2. The summed E-state index contributed by atoms with van der Waals surface area (Å²) in [6, 6.07) is 5.46. The lowest BCUT2D eigenvalue weighted by molar-refractivity contribution is -0.134. The molecule has 2 aliphatic heterocycles. The Morgan fingerprint density at radius 2 is 1.90 bits per heavy atom. The number of hydrogen-bond donors (Lipinski definition) is 0. The number of amides is 2. The maximum atomic E-state index is 13.2. The summed E-state index contributed by atoms with van der Waals surface area (Å²) < 4.78 is 17.0. The Kier molecular flexibility index (Phi) is 5.94. The zero-order valence-corrected chi connectivity index (χ0v) is 17.3. The Bertz CT molecular complexity index is 750. The van der Waals surface area contributed by atoms with Crippen LogP contribution in [0.1, 0.15) is 42.5 Å². The third-order valence-electron chi connectivity index (χ3n) is 6.16. The van der Waals surface area contributed by atoms with Gasteiger partial charge in [0.25, 0.3) is 5.91 Å². The van der Waals surface area contributed by atoms with Crippen molar-refractivity contribution in [3.63, 3.8) is 0 Å². The molecule has 1 aromatic rings. The number of nitrogens with zero attached hydrogens (tertiary/aromatic N) is 2. The molecule has 0 unspecified atom stereocenters. The first-order valence-electron chi connectivity index (χ1n) is 10.5. The van der Waals surface area contributed by atoms with Gasteiger partial charge in [-0.25, -0.2) is 0 Å². The van der Waals surface area contributed by atoms with Gasteiger partial charge in [-0.2, -0.15) is 0 Å². The molecule has 1 saturated carbocycles. The van der Waals surface area contributed by atoms with Gasteiger partial charge in [0.2, 0.25) is 5.91 Å². The zero-order valence-electron chi connectivity index (χ0n) is 17.3. The van der Waals surface area contributed by atoms with E-state index in [9.17, 15) is 9.59 Å². The Morgan fingerprint density at radius 1 is 1.14 bits per heavy atom. The van der Waals surface area contributed by atoms with Crippen molar-refractivity contribution in [2.75, 3.05) is 40.5 Å². The molecule has 7 nitrogen and oxygen atoms in total. The van der Waals surface area contributed by atoms with Gasteiger partial charge in [-0.1, -0.05) is 0 Å². The van der Waals surface area contributed by atoms with Crippen molar-refractivity contribution in [2.24, 2.45) is 5.92 Å². The molecule has 0 radical (unpaired) electrons. The van der Waals surface area contributed by atoms with E-state index >= 15 is 0 Å². The van der Waals surface area contributed by atoms with Gasteiger partial charge in [0, 0.05) is 45.5 Å². The van der Waals surface area contributed by atoms with Crippen molar-refractivity contribution in [3.8, 4) is 11.5 Å². The van der Waals surface area contributed by atoms with Crippen LogP contribution in [0.2, 0.25) is 0 Å². The van der Waals surface area contributed by atoms with Crippen LogP contribution in [0, 0.1) is 5.92 Å². The lowest BCUT2D eigenvalue weighted by atomic mass is 10.1. The van der Waals surface area contributed by atoms with Crippen LogP contribution in [0.25, 0.3) is 0 Å². The van der Waals surface area contributed by atoms with E-state index in [2.05, 4.69) is 0 Å². The number of ether oxygens (including phenoxy) is 3. The second kappa shape index (κ2) is 8.61. The van der Waals surface area contributed by atoms with E-state index in [0.29, 0.717) is 36.2 Å². The van der Waals surface area contributed by atoms with Gasteiger partial charge >= 0.3 is 0 Å². The fourth-order valence-electron chi connectivity index (χ4n) is 4.05. The number of methoxy groups -OCH3 is 1. The molecule has 0 bridgehead atoms. The van der Waals surface area contributed by atoms with Crippen LogP contribution in [-0.4, -0.2) is 74.2 Å². The fourth-order valence-corrected chi connectivity index (χ4v) is 4.05. The third kappa shape index (κ3) is 4.50. The number of rotatable bonds is 6. The average molecular weight is 402 g/mol. The minimum absolute atomic E-state index is 0.00156. The standard InChI is InChI=1S/C22H30N2O5/c1-23(16-9-12-28-14-16)22(26)19-13-18(27-2)5-6-20(19)29-17-7-10-24(11-8-17)21(25)15-3-4-15/h5-6,13,15-17H,3-4,7-12,14H2,1-2H3/t16-/m1/s1. The number of carbonyl (C=O) groups is 2. The van der Waals surface area contributed by atoms with Gasteiger partial charge in [-0.05, 0) is 37.5 Å². The third-order valence-corrected chi connectivity index (χ3v) is 6.16. The number of piperidine rings is 1. The van der Waals surface area contributed by atoms with E-state index in [-0.39, 0.29) is 24.0 Å². The summed E-state index contributed by atoms with van der Waals surface area (Å²) in [5.41, 5.74) is 0.509. The average Bonchev–Trinajstić information content (AvgIpc) is 3.46. The number of benzene rings is 1. The van der Waals surface area contributed by atoms with Crippen LogP contribution in [-0.2, 0) is 9.53 Å². The number of likely N-dealkylation sites (N-methyl/N-ethyl adjacent to an activating group) is 1. The summed E-state index contributed by atoms with van der Waals surface area (Å²) in [7, 11) is 3.40. The van der Waals surface area contributed by atoms with Crippen molar-refractivity contribution in [3.05, 3.63) is 23.8 Å². The summed E-state index contributed by atoms with van der Waals surface area (Å²) in [5, 5.41) is 0. The van der Waals surface area contributed by atoms with Gasteiger partial charge in [-0.15, -0.1) is 0 Å². The van der Waals surface area contributed by atoms with Gasteiger partial charge in [0.1, 0.15) is 17.6 Å². The molecule has 0 N–H and O–H groups in total. The molecular weight excluding hydrogens is 372 g/mol. The van der Waals surface area contributed by atoms with Crippen molar-refractivity contribution in [1.29, 1.82) is 0 Å². The molecule has 2 heterocycles. The SMILES string of the molecule is COc1ccc(OC2CCN(C(=O)C3CC3)CC2)c(C(=O)N(C)[C@@H]2CCOC2)c1. The van der Waals surface area contributed by atoms with E-state index in [1.54, 1.807) is 18.1 Å². The van der Waals surface area contributed by atoms with Gasteiger partial charge in [0.15, 0.2) is 0 Å². The predicted octanol–water partition coefficient (Wildman–Crippen LogP) is 2.34. The monoisotopic (exact) mass is 402 g/mol. The maximum Gasteiger partial charge on any atom is 0.257 e. The molecule has 0 spiro atoms. The molecule has 1 aromatic carbocycles. The molecule has 2 saturated heterocycles. The van der Waals surface area contributed by atoms with Crippen molar-refractivity contribution >= 4 is 11.8 Å². The summed E-state index contributed by atoms with van der Waals surface area (Å²) >= 11 is 0. The topological polar surface area (TPSA) is 68.3 Å². The van der Waals surface area contributed by atoms with E-state index in [4.69, 9.17) is 14.2 Å². The first kappa shape index (κ1) is 20.0. The molecule has 7 heteroatoms. The van der Waals surface area contributed by atoms with Gasteiger partial charge in [-0.3, -0.25) is 9.59 Å². The molecule has 4 rings (SSSR count). The molecule has 29 heavy (non-hydrogen) atoms. The van der Waals surface area contributed by atoms with E-state index in [0.717, 1.165) is 45.2 Å². The Morgan fingerprint density at radius 3 is 2.52 bits per heavy atom. The second-order valence-corrected chi connectivity index (χ2v) is 8.21. The van der Waals surface area contributed by atoms with Crippen LogP contribution in [0.5, 0.6) is 11.5 Å². The Labute approximate surface area is 171 Å². The highest BCUT2D eigenvalue weighted by atomic mass is 16.5. The second-order valence-electron chi connectivity index (χ2n) is 8.21. The molecular formula is C22H30N2O5. The quantitative estimate of drug-likeness (QED) is 0.731. The predicted molar refractivity (Wildman–Crippen MR) is 107 cm³/mol. The zero-order chi connectivity index (χ0) is 20.4. The van der Waals surface area contributed by atoms with Crippen LogP contribution in [0.4, 0.5) is 0 Å². The molecule has 2 amide bonds. The highest BCUT2D eigenvalue weighted by molar-refractivity contribution is 5.97. The summed E-state index contributed by atoms with van der Waals surface area (Å²) in [6.07, 6.45) is 4.47. The lowest BCUT2D eigenvalue weighted by Gasteiger charge is -2.33. The number of hydrogen-bond acceptors (Lipinski definition) is 5. The van der Waals surface area contributed by atoms with E-state index in [1.807, 2.05) is 24.1 Å². The molecule has 0 aromatic heterocycles.